The van der Waals surface area contributed by atoms with E-state index in [0.717, 1.165) is 24.2 Å². The summed E-state index contributed by atoms with van der Waals surface area (Å²) in [6.07, 6.45) is 4.08. The van der Waals surface area contributed by atoms with Gasteiger partial charge in [-0.2, -0.15) is 5.26 Å². The highest BCUT2D eigenvalue weighted by Crippen LogP contribution is 2.35. The van der Waals surface area contributed by atoms with E-state index in [-0.39, 0.29) is 17.0 Å². The molecule has 0 saturated carbocycles. The van der Waals surface area contributed by atoms with Gasteiger partial charge in [0.05, 0.1) is 12.0 Å². The number of unbranched alkanes of at least 4 members (excludes halogenated alkanes) is 1. The second-order valence-corrected chi connectivity index (χ2v) is 10.2. The zero-order valence-electron chi connectivity index (χ0n) is 21.6. The maximum absolute atomic E-state index is 13.3. The Labute approximate surface area is 227 Å². The van der Waals surface area contributed by atoms with Crippen molar-refractivity contribution in [2.75, 3.05) is 32.7 Å². The topological polar surface area (TPSA) is 96.6 Å². The van der Waals surface area contributed by atoms with E-state index < -0.39 is 0 Å². The quantitative estimate of drug-likeness (QED) is 0.235. The van der Waals surface area contributed by atoms with E-state index in [9.17, 15) is 14.9 Å². The molecule has 1 fully saturated rings. The first kappa shape index (κ1) is 28.4. The number of carbonyl (C=O) groups excluding carboxylic acids is 1. The minimum atomic E-state index is -0.338. The van der Waals surface area contributed by atoms with Gasteiger partial charge in [-0.1, -0.05) is 49.5 Å². The highest BCUT2D eigenvalue weighted by atomic mass is 32.2. The molecule has 0 unspecified atom stereocenters. The highest BCUT2D eigenvalue weighted by Gasteiger charge is 2.32. The van der Waals surface area contributed by atoms with Crippen molar-refractivity contribution in [3.05, 3.63) is 61.8 Å². The van der Waals surface area contributed by atoms with Gasteiger partial charge in [0.1, 0.15) is 27.5 Å². The molecule has 1 N–H and O–H groups in total. The zero-order chi connectivity index (χ0) is 26.9. The minimum Gasteiger partial charge on any atom is -0.497 e. The van der Waals surface area contributed by atoms with Crippen molar-refractivity contribution in [2.24, 2.45) is 0 Å². The molecule has 1 aliphatic heterocycles. The minimum absolute atomic E-state index is 0.0768. The van der Waals surface area contributed by atoms with Gasteiger partial charge in [0.25, 0.3) is 11.5 Å². The molecule has 1 saturated heterocycles. The summed E-state index contributed by atoms with van der Waals surface area (Å²) in [6.45, 7) is 5.69. The lowest BCUT2D eigenvalue weighted by Crippen LogP contribution is -2.30. The van der Waals surface area contributed by atoms with Crippen LogP contribution in [-0.2, 0) is 22.6 Å². The van der Waals surface area contributed by atoms with E-state index in [0.29, 0.717) is 58.8 Å². The first-order chi connectivity index (χ1) is 17.9. The number of nitrogens with one attached hydrogen (secondary N) is 1. The summed E-state index contributed by atoms with van der Waals surface area (Å²) >= 11 is 6.70. The first-order valence-electron chi connectivity index (χ1n) is 12.1. The standard InChI is InChI=1S/C27H32N4O4S2/c1-5-6-12-30-24(29-17-19-8-10-20(35-4)11-9-19)21(18(2)22(16-28)25(30)32)15-23-26(33)31(27(36)37-23)13-7-14-34-3/h8-11,15,29H,5-7,12-14,17H2,1-4H3/b23-15+. The molecule has 3 rings (SSSR count). The van der Waals surface area contributed by atoms with Crippen molar-refractivity contribution in [2.45, 2.75) is 46.2 Å². The van der Waals surface area contributed by atoms with Crippen LogP contribution in [0.25, 0.3) is 6.08 Å². The fourth-order valence-corrected chi connectivity index (χ4v) is 5.29. The second-order valence-electron chi connectivity index (χ2n) is 8.57. The maximum atomic E-state index is 13.3. The summed E-state index contributed by atoms with van der Waals surface area (Å²) in [5.41, 5.74) is 1.90. The number of rotatable bonds is 12. The number of thioether (sulfide) groups is 1. The van der Waals surface area contributed by atoms with Crippen LogP contribution in [0.5, 0.6) is 5.75 Å². The molecule has 1 aliphatic rings. The van der Waals surface area contributed by atoms with Gasteiger partial charge in [-0.3, -0.25) is 19.1 Å². The summed E-state index contributed by atoms with van der Waals surface area (Å²) < 4.78 is 12.4. The SMILES string of the molecule is CCCCn1c(NCc2ccc(OC)cc2)c(/C=C2/SC(=S)N(CCCOC)C2=O)c(C)c(C#N)c1=O. The summed E-state index contributed by atoms with van der Waals surface area (Å²) in [4.78, 5) is 28.5. The Kier molecular flexibility index (Phi) is 10.3. The molecule has 0 spiro atoms. The van der Waals surface area contributed by atoms with E-state index in [2.05, 4.69) is 11.4 Å². The van der Waals surface area contributed by atoms with Crippen LogP contribution in [-0.4, -0.2) is 47.1 Å². The number of nitrogens with zero attached hydrogens (tertiary/aromatic N) is 3. The van der Waals surface area contributed by atoms with Gasteiger partial charge in [-0.05, 0) is 49.1 Å². The number of methoxy groups -OCH3 is 2. The fourth-order valence-electron chi connectivity index (χ4n) is 4.00. The van der Waals surface area contributed by atoms with Crippen molar-refractivity contribution in [3.8, 4) is 11.8 Å². The summed E-state index contributed by atoms with van der Waals surface area (Å²) in [5.74, 6) is 1.15. The Morgan fingerprint density at radius 1 is 1.16 bits per heavy atom. The molecule has 10 heteroatoms. The largest absolute Gasteiger partial charge is 0.497 e. The summed E-state index contributed by atoms with van der Waals surface area (Å²) in [6, 6.07) is 9.72. The van der Waals surface area contributed by atoms with Gasteiger partial charge < -0.3 is 14.8 Å². The summed E-state index contributed by atoms with van der Waals surface area (Å²) in [5, 5.41) is 13.2. The number of thiocarbonyl (C=S) groups is 1. The molecule has 0 bridgehead atoms. The third-order valence-electron chi connectivity index (χ3n) is 6.11. The van der Waals surface area contributed by atoms with E-state index in [1.165, 1.54) is 11.8 Å². The van der Waals surface area contributed by atoms with E-state index in [1.54, 1.807) is 36.7 Å². The third kappa shape index (κ3) is 6.60. The Balaban J connectivity index is 2.07. The van der Waals surface area contributed by atoms with E-state index in [4.69, 9.17) is 21.7 Å². The molecule has 1 aromatic carbocycles. The van der Waals surface area contributed by atoms with Crippen LogP contribution in [0.3, 0.4) is 0 Å². The van der Waals surface area contributed by atoms with E-state index in [1.807, 2.05) is 31.2 Å². The Morgan fingerprint density at radius 2 is 1.89 bits per heavy atom. The molecule has 8 nitrogen and oxygen atoms in total. The van der Waals surface area contributed by atoms with Crippen molar-refractivity contribution in [1.82, 2.24) is 9.47 Å². The number of amides is 1. The van der Waals surface area contributed by atoms with Crippen molar-refractivity contribution < 1.29 is 14.3 Å². The average molecular weight is 541 g/mol. The van der Waals surface area contributed by atoms with Gasteiger partial charge in [0, 0.05) is 38.9 Å². The molecule has 37 heavy (non-hydrogen) atoms. The number of pyridine rings is 1. The molecular weight excluding hydrogens is 508 g/mol. The van der Waals surface area contributed by atoms with Gasteiger partial charge >= 0.3 is 0 Å². The van der Waals surface area contributed by atoms with Crippen LogP contribution in [0.2, 0.25) is 0 Å². The maximum Gasteiger partial charge on any atom is 0.270 e. The molecular formula is C27H32N4O4S2. The molecule has 0 atom stereocenters. The van der Waals surface area contributed by atoms with Crippen LogP contribution >= 0.6 is 24.0 Å². The fraction of sp³-hybridized carbons (Fsp3) is 0.407. The zero-order valence-corrected chi connectivity index (χ0v) is 23.3. The normalized spacial score (nSPS) is 14.4. The number of aromatic nitrogens is 1. The van der Waals surface area contributed by atoms with Gasteiger partial charge in [0.2, 0.25) is 0 Å². The third-order valence-corrected chi connectivity index (χ3v) is 7.49. The lowest BCUT2D eigenvalue weighted by molar-refractivity contribution is -0.122. The lowest BCUT2D eigenvalue weighted by atomic mass is 10.0. The number of carbonyl (C=O) groups is 1. The molecule has 1 aromatic heterocycles. The number of benzene rings is 1. The summed E-state index contributed by atoms with van der Waals surface area (Å²) in [7, 11) is 3.24. The van der Waals surface area contributed by atoms with Crippen molar-refractivity contribution >= 4 is 46.1 Å². The average Bonchev–Trinajstić information content (AvgIpc) is 3.16. The van der Waals surface area contributed by atoms with Gasteiger partial charge in [-0.15, -0.1) is 0 Å². The van der Waals surface area contributed by atoms with Crippen LogP contribution in [0, 0.1) is 18.3 Å². The molecule has 196 valence electrons. The van der Waals surface area contributed by atoms with E-state index >= 15 is 0 Å². The van der Waals surface area contributed by atoms with Crippen molar-refractivity contribution in [1.29, 1.82) is 5.26 Å². The molecule has 2 heterocycles. The van der Waals surface area contributed by atoms with Gasteiger partial charge in [-0.25, -0.2) is 0 Å². The Morgan fingerprint density at radius 3 is 2.51 bits per heavy atom. The van der Waals surface area contributed by atoms with Gasteiger partial charge in [0.15, 0.2) is 0 Å². The smallest absolute Gasteiger partial charge is 0.270 e. The number of hydrogen-bond donors (Lipinski definition) is 1. The van der Waals surface area contributed by atoms with Crippen molar-refractivity contribution in [3.63, 3.8) is 0 Å². The Bertz CT molecular complexity index is 1280. The number of nitriles is 1. The lowest BCUT2D eigenvalue weighted by Gasteiger charge is -2.20. The predicted octanol–water partition coefficient (Wildman–Crippen LogP) is 4.69. The first-order valence-corrected chi connectivity index (χ1v) is 13.4. The monoisotopic (exact) mass is 540 g/mol. The number of hydrogen-bond acceptors (Lipinski definition) is 8. The molecule has 0 aliphatic carbocycles. The molecule has 0 radical (unpaired) electrons. The predicted molar refractivity (Wildman–Crippen MR) is 152 cm³/mol. The second kappa shape index (κ2) is 13.4. The van der Waals surface area contributed by atoms with Crippen LogP contribution in [0.1, 0.15) is 48.4 Å². The molecule has 2 aromatic rings. The van der Waals surface area contributed by atoms with Crippen LogP contribution in [0.4, 0.5) is 5.82 Å². The molecule has 1 amide bonds. The van der Waals surface area contributed by atoms with Crippen LogP contribution < -0.4 is 15.6 Å². The highest BCUT2D eigenvalue weighted by molar-refractivity contribution is 8.26. The van der Waals surface area contributed by atoms with Crippen LogP contribution in [0.15, 0.2) is 34.0 Å². The number of anilines is 1. The Hall–Kier alpha value is -3.13. The number of ether oxygens (including phenoxy) is 2.